The van der Waals surface area contributed by atoms with Gasteiger partial charge >= 0.3 is 0 Å². The fourth-order valence-corrected chi connectivity index (χ4v) is 2.68. The Morgan fingerprint density at radius 2 is 2.20 bits per heavy atom. The predicted molar refractivity (Wildman–Crippen MR) is 70.7 cm³/mol. The summed E-state index contributed by atoms with van der Waals surface area (Å²) < 4.78 is 44.6. The van der Waals surface area contributed by atoms with Gasteiger partial charge in [-0.15, -0.1) is 0 Å². The van der Waals surface area contributed by atoms with Gasteiger partial charge in [0, 0.05) is 6.42 Å². The smallest absolute Gasteiger partial charge is 0.243 e. The molecule has 0 unspecified atom stereocenters. The molecule has 20 heavy (non-hydrogen) atoms. The first-order valence-corrected chi connectivity index (χ1v) is 7.39. The first-order valence-electron chi connectivity index (χ1n) is 5.90. The van der Waals surface area contributed by atoms with Gasteiger partial charge in [0.25, 0.3) is 0 Å². The highest BCUT2D eigenvalue weighted by atomic mass is 32.2. The second kappa shape index (κ2) is 5.59. The zero-order valence-electron chi connectivity index (χ0n) is 10.8. The Morgan fingerprint density at radius 1 is 1.45 bits per heavy atom. The number of benzene rings is 1. The molecule has 0 aliphatic heterocycles. The SMILES string of the molecule is CCc1cnc(CNS(=O)(=O)c2ccc(F)cc2N)o1. The molecule has 1 aromatic heterocycles. The van der Waals surface area contributed by atoms with Gasteiger partial charge < -0.3 is 10.2 Å². The summed E-state index contributed by atoms with van der Waals surface area (Å²) in [6.07, 6.45) is 2.21. The Morgan fingerprint density at radius 3 is 2.80 bits per heavy atom. The Balaban J connectivity index is 2.14. The number of oxazole rings is 1. The van der Waals surface area contributed by atoms with Gasteiger partial charge in [-0.2, -0.15) is 0 Å². The fraction of sp³-hybridized carbons (Fsp3) is 0.250. The maximum atomic E-state index is 12.9. The van der Waals surface area contributed by atoms with E-state index in [0.717, 1.165) is 18.2 Å². The van der Waals surface area contributed by atoms with E-state index in [-0.39, 0.29) is 23.0 Å². The van der Waals surface area contributed by atoms with E-state index < -0.39 is 15.8 Å². The molecule has 1 heterocycles. The summed E-state index contributed by atoms with van der Waals surface area (Å²) in [5.74, 6) is 0.327. The van der Waals surface area contributed by atoms with Crippen LogP contribution in [0.15, 0.2) is 33.7 Å². The van der Waals surface area contributed by atoms with Crippen LogP contribution in [-0.2, 0) is 23.0 Å². The van der Waals surface area contributed by atoms with E-state index in [1.165, 1.54) is 6.20 Å². The molecule has 0 spiro atoms. The van der Waals surface area contributed by atoms with Crippen molar-refractivity contribution in [2.75, 3.05) is 5.73 Å². The zero-order valence-corrected chi connectivity index (χ0v) is 11.6. The number of nitrogens with two attached hydrogens (primary N) is 1. The molecule has 0 saturated heterocycles. The van der Waals surface area contributed by atoms with Crippen LogP contribution < -0.4 is 10.5 Å². The number of aryl methyl sites for hydroxylation is 1. The molecule has 8 heteroatoms. The summed E-state index contributed by atoms with van der Waals surface area (Å²) in [5, 5.41) is 0. The van der Waals surface area contributed by atoms with Crippen LogP contribution in [0.5, 0.6) is 0 Å². The largest absolute Gasteiger partial charge is 0.444 e. The number of hydrogen-bond acceptors (Lipinski definition) is 5. The summed E-state index contributed by atoms with van der Waals surface area (Å²) in [7, 11) is -3.85. The number of halogens is 1. The molecule has 0 atom stereocenters. The van der Waals surface area contributed by atoms with Gasteiger partial charge in [-0.25, -0.2) is 22.5 Å². The summed E-state index contributed by atoms with van der Waals surface area (Å²) in [6, 6.07) is 3.10. The summed E-state index contributed by atoms with van der Waals surface area (Å²) in [5.41, 5.74) is 5.35. The lowest BCUT2D eigenvalue weighted by molar-refractivity contribution is 0.452. The summed E-state index contributed by atoms with van der Waals surface area (Å²) in [6.45, 7) is 1.80. The van der Waals surface area contributed by atoms with Crippen LogP contribution in [0.4, 0.5) is 10.1 Å². The summed E-state index contributed by atoms with van der Waals surface area (Å²) in [4.78, 5) is 3.76. The third-order valence-corrected chi connectivity index (χ3v) is 4.10. The highest BCUT2D eigenvalue weighted by molar-refractivity contribution is 7.89. The van der Waals surface area contributed by atoms with Gasteiger partial charge in [0.15, 0.2) is 0 Å². The molecular weight excluding hydrogens is 285 g/mol. The van der Waals surface area contributed by atoms with Gasteiger partial charge in [0.05, 0.1) is 18.4 Å². The van der Waals surface area contributed by atoms with Gasteiger partial charge in [0.2, 0.25) is 15.9 Å². The van der Waals surface area contributed by atoms with Crippen molar-refractivity contribution in [3.63, 3.8) is 0 Å². The number of rotatable bonds is 5. The molecular formula is C12H14FN3O3S. The van der Waals surface area contributed by atoms with Crippen LogP contribution in [0, 0.1) is 5.82 Å². The Labute approximate surface area is 115 Å². The molecule has 1 aromatic carbocycles. The lowest BCUT2D eigenvalue weighted by Crippen LogP contribution is -2.24. The number of nitrogens with one attached hydrogen (secondary N) is 1. The Kier molecular flexibility index (Phi) is 4.05. The number of sulfonamides is 1. The van der Waals surface area contributed by atoms with Crippen molar-refractivity contribution in [3.05, 3.63) is 41.9 Å². The first-order chi connectivity index (χ1) is 9.42. The fourth-order valence-electron chi connectivity index (χ4n) is 1.59. The van der Waals surface area contributed by atoms with E-state index in [4.69, 9.17) is 10.2 Å². The normalized spacial score (nSPS) is 11.7. The maximum absolute atomic E-state index is 12.9. The van der Waals surface area contributed by atoms with Gasteiger partial charge in [-0.05, 0) is 18.2 Å². The van der Waals surface area contributed by atoms with E-state index in [1.807, 2.05) is 6.92 Å². The minimum atomic E-state index is -3.85. The van der Waals surface area contributed by atoms with E-state index in [1.54, 1.807) is 0 Å². The molecule has 0 radical (unpaired) electrons. The van der Waals surface area contributed by atoms with Crippen molar-refractivity contribution in [2.45, 2.75) is 24.8 Å². The number of nitrogen functional groups attached to an aromatic ring is 1. The van der Waals surface area contributed by atoms with Crippen molar-refractivity contribution < 1.29 is 17.2 Å². The van der Waals surface area contributed by atoms with Crippen molar-refractivity contribution in [2.24, 2.45) is 0 Å². The Bertz CT molecular complexity index is 712. The van der Waals surface area contributed by atoms with Gasteiger partial charge in [0.1, 0.15) is 16.5 Å². The van der Waals surface area contributed by atoms with Crippen molar-refractivity contribution in [3.8, 4) is 0 Å². The molecule has 0 amide bonds. The molecule has 0 bridgehead atoms. The highest BCUT2D eigenvalue weighted by Crippen LogP contribution is 2.19. The quantitative estimate of drug-likeness (QED) is 0.814. The van der Waals surface area contributed by atoms with Crippen LogP contribution >= 0.6 is 0 Å². The standard InChI is InChI=1S/C12H14FN3O3S/c1-2-9-6-15-12(19-9)7-16-20(17,18)11-4-3-8(13)5-10(11)14/h3-6,16H,2,7,14H2,1H3. The molecule has 0 aliphatic rings. The molecule has 2 aromatic rings. The van der Waals surface area contributed by atoms with Crippen LogP contribution in [0.3, 0.4) is 0 Å². The lowest BCUT2D eigenvalue weighted by atomic mass is 10.3. The molecule has 0 aliphatic carbocycles. The number of aromatic nitrogens is 1. The predicted octanol–water partition coefficient (Wildman–Crippen LogP) is 1.44. The monoisotopic (exact) mass is 299 g/mol. The summed E-state index contributed by atoms with van der Waals surface area (Å²) >= 11 is 0. The van der Waals surface area contributed by atoms with Crippen LogP contribution in [0.1, 0.15) is 18.6 Å². The first kappa shape index (κ1) is 14.5. The Hall–Kier alpha value is -1.93. The molecule has 0 saturated carbocycles. The molecule has 0 fully saturated rings. The van der Waals surface area contributed by atoms with Crippen LogP contribution in [0.2, 0.25) is 0 Å². The zero-order chi connectivity index (χ0) is 14.8. The van der Waals surface area contributed by atoms with Crippen LogP contribution in [0.25, 0.3) is 0 Å². The van der Waals surface area contributed by atoms with Crippen molar-refractivity contribution in [1.82, 2.24) is 9.71 Å². The lowest BCUT2D eigenvalue weighted by Gasteiger charge is -2.07. The van der Waals surface area contributed by atoms with E-state index >= 15 is 0 Å². The average Bonchev–Trinajstić information content (AvgIpc) is 2.84. The van der Waals surface area contributed by atoms with Crippen LogP contribution in [-0.4, -0.2) is 13.4 Å². The van der Waals surface area contributed by atoms with E-state index in [9.17, 15) is 12.8 Å². The molecule has 2 rings (SSSR count). The second-order valence-electron chi connectivity index (χ2n) is 4.08. The van der Waals surface area contributed by atoms with E-state index in [2.05, 4.69) is 9.71 Å². The van der Waals surface area contributed by atoms with Crippen molar-refractivity contribution in [1.29, 1.82) is 0 Å². The third-order valence-electron chi connectivity index (χ3n) is 2.62. The van der Waals surface area contributed by atoms with Gasteiger partial charge in [-0.3, -0.25) is 0 Å². The minimum absolute atomic E-state index is 0.0981. The third kappa shape index (κ3) is 3.14. The number of nitrogens with zero attached hydrogens (tertiary/aromatic N) is 1. The maximum Gasteiger partial charge on any atom is 0.243 e. The second-order valence-corrected chi connectivity index (χ2v) is 5.82. The molecule has 3 N–H and O–H groups in total. The number of hydrogen-bond donors (Lipinski definition) is 2. The number of anilines is 1. The van der Waals surface area contributed by atoms with Crippen molar-refractivity contribution >= 4 is 15.7 Å². The topological polar surface area (TPSA) is 98.2 Å². The van der Waals surface area contributed by atoms with Gasteiger partial charge in [-0.1, -0.05) is 6.92 Å². The highest BCUT2D eigenvalue weighted by Gasteiger charge is 2.18. The molecule has 108 valence electrons. The molecule has 6 nitrogen and oxygen atoms in total. The minimum Gasteiger partial charge on any atom is -0.444 e. The average molecular weight is 299 g/mol. The van der Waals surface area contributed by atoms with E-state index in [0.29, 0.717) is 12.2 Å².